The molecule has 0 unspecified atom stereocenters. The van der Waals surface area contributed by atoms with E-state index in [0.717, 1.165) is 10.8 Å². The van der Waals surface area contributed by atoms with Crippen molar-refractivity contribution in [3.05, 3.63) is 34.7 Å². The molecule has 8 heteroatoms. The smallest absolute Gasteiger partial charge is 0.352 e. The Labute approximate surface area is 107 Å². The average Bonchev–Trinajstić information content (AvgIpc) is 2.81. The van der Waals surface area contributed by atoms with E-state index >= 15 is 0 Å². The van der Waals surface area contributed by atoms with Crippen LogP contribution >= 0.6 is 0 Å². The number of nitrogens with zero attached hydrogens (tertiary/aromatic N) is 2. The summed E-state index contributed by atoms with van der Waals surface area (Å²) in [6.45, 7) is 0.947. The summed E-state index contributed by atoms with van der Waals surface area (Å²) in [5.74, 6) is -1.80. The predicted molar refractivity (Wildman–Crippen MR) is 62.9 cm³/mol. The molecule has 2 heterocycles. The molecule has 2 N–H and O–H groups in total. The Hall–Kier alpha value is -2.06. The number of hydrogen-bond donors (Lipinski definition) is 2. The van der Waals surface area contributed by atoms with E-state index in [1.807, 2.05) is 0 Å². The number of anilines is 1. The Kier molecular flexibility index (Phi) is 3.72. The Balaban J connectivity index is 2.29. The first-order chi connectivity index (χ1) is 9.01. The van der Waals surface area contributed by atoms with E-state index in [2.05, 4.69) is 10.3 Å². The van der Waals surface area contributed by atoms with Crippen molar-refractivity contribution < 1.29 is 19.0 Å². The van der Waals surface area contributed by atoms with Gasteiger partial charge in [-0.25, -0.2) is 9.18 Å². The summed E-state index contributed by atoms with van der Waals surface area (Å²) in [5, 5.41) is 11.0. The van der Waals surface area contributed by atoms with Crippen molar-refractivity contribution in [3.8, 4) is 0 Å². The van der Waals surface area contributed by atoms with Gasteiger partial charge in [-0.05, 0) is 6.08 Å². The Morgan fingerprint density at radius 3 is 2.95 bits per heavy atom. The molecule has 1 aliphatic rings. The molecule has 102 valence electrons. The normalized spacial score (nSPS) is 21.6. The Morgan fingerprint density at radius 2 is 2.37 bits per heavy atom. The summed E-state index contributed by atoms with van der Waals surface area (Å²) >= 11 is 0. The van der Waals surface area contributed by atoms with Gasteiger partial charge in [0, 0.05) is 6.92 Å². The average molecular weight is 269 g/mol. The number of rotatable bonds is 3. The van der Waals surface area contributed by atoms with Gasteiger partial charge in [-0.15, -0.1) is 0 Å². The topological polar surface area (TPSA) is 93.5 Å². The lowest BCUT2D eigenvalue weighted by atomic mass is 10.4. The second-order valence-electron chi connectivity index (χ2n) is 3.94. The number of aromatic nitrogens is 2. The van der Waals surface area contributed by atoms with Gasteiger partial charge in [-0.3, -0.25) is 9.36 Å². The van der Waals surface area contributed by atoms with E-state index in [-0.39, 0.29) is 6.61 Å². The lowest BCUT2D eigenvalue weighted by Crippen LogP contribution is -2.29. The summed E-state index contributed by atoms with van der Waals surface area (Å²) in [6.07, 6.45) is 2.63. The van der Waals surface area contributed by atoms with Crippen molar-refractivity contribution in [2.75, 3.05) is 11.9 Å². The van der Waals surface area contributed by atoms with Gasteiger partial charge in [0.2, 0.25) is 5.91 Å². The number of hydrogen-bond acceptors (Lipinski definition) is 5. The molecule has 0 saturated heterocycles. The summed E-state index contributed by atoms with van der Waals surface area (Å²) < 4.78 is 19.9. The molecule has 7 nitrogen and oxygen atoms in total. The predicted octanol–water partition coefficient (Wildman–Crippen LogP) is -0.213. The number of carbonyl (C=O) groups excluding carboxylic acids is 1. The van der Waals surface area contributed by atoms with E-state index in [1.165, 1.54) is 13.0 Å². The van der Waals surface area contributed by atoms with Gasteiger partial charge in [-0.1, -0.05) is 6.08 Å². The zero-order chi connectivity index (χ0) is 14.0. The molecule has 19 heavy (non-hydrogen) atoms. The van der Waals surface area contributed by atoms with Crippen molar-refractivity contribution in [1.82, 2.24) is 9.55 Å². The minimum absolute atomic E-state index is 0.234. The van der Waals surface area contributed by atoms with E-state index in [4.69, 9.17) is 9.84 Å². The summed E-state index contributed by atoms with van der Waals surface area (Å²) in [4.78, 5) is 26.0. The van der Waals surface area contributed by atoms with Crippen LogP contribution in [0, 0.1) is 5.82 Å². The van der Waals surface area contributed by atoms with Crippen LogP contribution < -0.4 is 11.0 Å². The van der Waals surface area contributed by atoms with E-state index in [0.29, 0.717) is 0 Å². The number of nitrogens with one attached hydrogen (secondary N) is 1. The zero-order valence-electron chi connectivity index (χ0n) is 10.0. The number of aliphatic hydroxyl groups excluding tert-OH is 1. The third-order valence-corrected chi connectivity index (χ3v) is 2.46. The van der Waals surface area contributed by atoms with E-state index < -0.39 is 35.6 Å². The number of halogens is 1. The minimum atomic E-state index is -0.848. The van der Waals surface area contributed by atoms with Crippen LogP contribution in [0.25, 0.3) is 0 Å². The lowest BCUT2D eigenvalue weighted by Gasteiger charge is -2.15. The molecule has 0 saturated carbocycles. The molecule has 2 atom stereocenters. The second kappa shape index (κ2) is 5.29. The van der Waals surface area contributed by atoms with Crippen LogP contribution in [-0.2, 0) is 9.53 Å². The highest BCUT2D eigenvalue weighted by Crippen LogP contribution is 2.20. The zero-order valence-corrected chi connectivity index (χ0v) is 10.0. The quantitative estimate of drug-likeness (QED) is 0.740. The number of aliphatic hydroxyl groups is 1. The molecule has 2 rings (SSSR count). The Bertz CT molecular complexity index is 584. The van der Waals surface area contributed by atoms with Crippen LogP contribution in [0.3, 0.4) is 0 Å². The highest BCUT2D eigenvalue weighted by Gasteiger charge is 2.22. The van der Waals surface area contributed by atoms with Crippen LogP contribution in [-0.4, -0.2) is 33.3 Å². The molecule has 1 aromatic heterocycles. The monoisotopic (exact) mass is 269 g/mol. The van der Waals surface area contributed by atoms with Gasteiger partial charge < -0.3 is 15.2 Å². The SMILES string of the molecule is CC(=O)Nc1nc(=O)n([C@H]2C=C[C@@H](CO)O2)cc1F. The van der Waals surface area contributed by atoms with Gasteiger partial charge in [0.15, 0.2) is 17.9 Å². The standard InChI is InChI=1S/C11H12FN3O4/c1-6(17)13-10-8(12)4-15(11(18)14-10)9-3-2-7(5-16)19-9/h2-4,7,9,16H,5H2,1H3,(H,13,14,17,18)/t7-,9+/m0/s1. The van der Waals surface area contributed by atoms with Crippen molar-refractivity contribution in [2.45, 2.75) is 19.3 Å². The van der Waals surface area contributed by atoms with Crippen LogP contribution in [0.1, 0.15) is 13.2 Å². The maximum absolute atomic E-state index is 13.7. The molecule has 0 radical (unpaired) electrons. The maximum atomic E-state index is 13.7. The molecule has 0 fully saturated rings. The lowest BCUT2D eigenvalue weighted by molar-refractivity contribution is -0.114. The van der Waals surface area contributed by atoms with Gasteiger partial charge in [0.25, 0.3) is 0 Å². The summed E-state index contributed by atoms with van der Waals surface area (Å²) in [7, 11) is 0. The van der Waals surface area contributed by atoms with Crippen molar-refractivity contribution in [2.24, 2.45) is 0 Å². The van der Waals surface area contributed by atoms with E-state index in [9.17, 15) is 14.0 Å². The molecule has 0 aromatic carbocycles. The van der Waals surface area contributed by atoms with Gasteiger partial charge in [-0.2, -0.15) is 4.98 Å². The first-order valence-electron chi connectivity index (χ1n) is 5.52. The summed E-state index contributed by atoms with van der Waals surface area (Å²) in [5.41, 5.74) is -0.765. The van der Waals surface area contributed by atoms with Crippen LogP contribution in [0.15, 0.2) is 23.1 Å². The van der Waals surface area contributed by atoms with Crippen LogP contribution in [0.2, 0.25) is 0 Å². The van der Waals surface area contributed by atoms with Crippen molar-refractivity contribution >= 4 is 11.7 Å². The number of carbonyl (C=O) groups is 1. The first kappa shape index (κ1) is 13.4. The third kappa shape index (κ3) is 2.85. The molecular formula is C11H12FN3O4. The molecule has 1 aromatic rings. The van der Waals surface area contributed by atoms with E-state index in [1.54, 1.807) is 6.08 Å². The van der Waals surface area contributed by atoms with Crippen molar-refractivity contribution in [3.63, 3.8) is 0 Å². The molecule has 1 amide bonds. The summed E-state index contributed by atoms with van der Waals surface area (Å²) in [6, 6.07) is 0. The highest BCUT2D eigenvalue weighted by atomic mass is 19.1. The molecule has 0 bridgehead atoms. The molecule has 0 spiro atoms. The minimum Gasteiger partial charge on any atom is -0.393 e. The van der Waals surface area contributed by atoms with Gasteiger partial charge in [0.05, 0.1) is 12.8 Å². The Morgan fingerprint density at radius 1 is 1.63 bits per heavy atom. The van der Waals surface area contributed by atoms with Crippen molar-refractivity contribution in [1.29, 1.82) is 0 Å². The fraction of sp³-hybridized carbons (Fsp3) is 0.364. The largest absolute Gasteiger partial charge is 0.393 e. The fourth-order valence-corrected chi connectivity index (χ4v) is 1.63. The fourth-order valence-electron chi connectivity index (χ4n) is 1.63. The number of ether oxygens (including phenoxy) is 1. The van der Waals surface area contributed by atoms with Gasteiger partial charge >= 0.3 is 5.69 Å². The number of amides is 1. The maximum Gasteiger partial charge on any atom is 0.352 e. The molecular weight excluding hydrogens is 257 g/mol. The highest BCUT2D eigenvalue weighted by molar-refractivity contribution is 5.87. The van der Waals surface area contributed by atoms with Crippen LogP contribution in [0.5, 0.6) is 0 Å². The molecule has 1 aliphatic heterocycles. The third-order valence-electron chi connectivity index (χ3n) is 2.46. The molecule has 0 aliphatic carbocycles. The second-order valence-corrected chi connectivity index (χ2v) is 3.94. The van der Waals surface area contributed by atoms with Crippen LogP contribution in [0.4, 0.5) is 10.2 Å². The first-order valence-corrected chi connectivity index (χ1v) is 5.52. The van der Waals surface area contributed by atoms with Gasteiger partial charge in [0.1, 0.15) is 6.10 Å².